The van der Waals surface area contributed by atoms with Gasteiger partial charge < -0.3 is 15.8 Å². The highest BCUT2D eigenvalue weighted by Gasteiger charge is 2.05. The van der Waals surface area contributed by atoms with Crippen LogP contribution in [0.3, 0.4) is 0 Å². The number of anilines is 1. The molecule has 2 rings (SSSR count). The van der Waals surface area contributed by atoms with E-state index in [0.717, 1.165) is 5.56 Å². The normalized spacial score (nSPS) is 12.3. The number of nitrogens with two attached hydrogens (primary N) is 1. The van der Waals surface area contributed by atoms with Gasteiger partial charge in [0.15, 0.2) is 5.16 Å². The summed E-state index contributed by atoms with van der Waals surface area (Å²) in [4.78, 5) is 21.9. The number of rotatable bonds is 3. The van der Waals surface area contributed by atoms with Crippen LogP contribution < -0.4 is 11.3 Å². The first kappa shape index (κ1) is 12.6. The van der Waals surface area contributed by atoms with Crippen LogP contribution in [0.4, 0.5) is 5.82 Å². The minimum absolute atomic E-state index is 0.168. The van der Waals surface area contributed by atoms with Crippen LogP contribution in [0.2, 0.25) is 0 Å². The fourth-order valence-corrected chi connectivity index (χ4v) is 2.04. The van der Waals surface area contributed by atoms with E-state index in [1.54, 1.807) is 25.3 Å². The van der Waals surface area contributed by atoms with Gasteiger partial charge in [-0.2, -0.15) is 0 Å². The molecule has 0 amide bonds. The van der Waals surface area contributed by atoms with Gasteiger partial charge in [-0.25, -0.2) is 9.97 Å². The lowest BCUT2D eigenvalue weighted by atomic mass is 10.2. The summed E-state index contributed by atoms with van der Waals surface area (Å²) in [5, 5.41) is 10.4. The molecule has 0 unspecified atom stereocenters. The van der Waals surface area contributed by atoms with Gasteiger partial charge in [-0.15, -0.1) is 0 Å². The second-order valence-corrected chi connectivity index (χ2v) is 4.69. The number of aliphatic hydroxyl groups is 1. The summed E-state index contributed by atoms with van der Waals surface area (Å²) >= 11 is 1.20. The minimum Gasteiger partial charge on any atom is -0.389 e. The van der Waals surface area contributed by atoms with Crippen molar-refractivity contribution < 1.29 is 5.11 Å². The van der Waals surface area contributed by atoms with Crippen molar-refractivity contribution in [1.29, 1.82) is 0 Å². The molecule has 7 heteroatoms. The Morgan fingerprint density at radius 1 is 1.50 bits per heavy atom. The molecule has 0 saturated heterocycles. The third-order valence-electron chi connectivity index (χ3n) is 2.18. The van der Waals surface area contributed by atoms with Gasteiger partial charge in [-0.05, 0) is 30.3 Å². The largest absolute Gasteiger partial charge is 0.389 e. The van der Waals surface area contributed by atoms with Crippen LogP contribution in [0.25, 0.3) is 0 Å². The Kier molecular flexibility index (Phi) is 3.63. The first-order valence-electron chi connectivity index (χ1n) is 5.23. The highest BCUT2D eigenvalue weighted by atomic mass is 32.2. The molecule has 0 spiro atoms. The first-order valence-corrected chi connectivity index (χ1v) is 6.05. The van der Waals surface area contributed by atoms with Gasteiger partial charge in [-0.1, -0.05) is 6.07 Å². The molecule has 2 aromatic rings. The van der Waals surface area contributed by atoms with E-state index < -0.39 is 6.10 Å². The van der Waals surface area contributed by atoms with Gasteiger partial charge in [0.25, 0.3) is 5.56 Å². The zero-order valence-electron chi connectivity index (χ0n) is 9.62. The molecule has 0 radical (unpaired) electrons. The molecule has 0 saturated carbocycles. The maximum absolute atomic E-state index is 11.2. The first-order chi connectivity index (χ1) is 8.54. The van der Waals surface area contributed by atoms with Crippen LogP contribution in [-0.2, 0) is 0 Å². The van der Waals surface area contributed by atoms with Crippen molar-refractivity contribution in [1.82, 2.24) is 15.0 Å². The smallest absolute Gasteiger partial charge is 0.253 e. The number of nitrogens with zero attached hydrogens (tertiary/aromatic N) is 2. The van der Waals surface area contributed by atoms with E-state index in [9.17, 15) is 9.90 Å². The van der Waals surface area contributed by atoms with Crippen molar-refractivity contribution in [3.05, 3.63) is 40.3 Å². The lowest BCUT2D eigenvalue weighted by Gasteiger charge is -2.05. The summed E-state index contributed by atoms with van der Waals surface area (Å²) in [5.41, 5.74) is 5.91. The molecule has 0 fully saturated rings. The molecule has 2 heterocycles. The molecule has 2 aromatic heterocycles. The maximum atomic E-state index is 11.2. The second kappa shape index (κ2) is 5.19. The van der Waals surface area contributed by atoms with Crippen LogP contribution in [0.15, 0.2) is 39.4 Å². The molecule has 6 nitrogen and oxygen atoms in total. The van der Waals surface area contributed by atoms with Crippen molar-refractivity contribution in [3.8, 4) is 0 Å². The van der Waals surface area contributed by atoms with Gasteiger partial charge in [0, 0.05) is 12.3 Å². The quantitative estimate of drug-likeness (QED) is 0.713. The lowest BCUT2D eigenvalue weighted by molar-refractivity contribution is 0.198. The Morgan fingerprint density at radius 3 is 2.83 bits per heavy atom. The zero-order valence-corrected chi connectivity index (χ0v) is 10.4. The SMILES string of the molecule is C[C@@H](O)c1ccc(Sc2nc(N)cc(=O)[nH]2)nc1. The van der Waals surface area contributed by atoms with E-state index in [4.69, 9.17) is 5.73 Å². The minimum atomic E-state index is -0.554. The number of aliphatic hydroxyl groups excluding tert-OH is 1. The van der Waals surface area contributed by atoms with Crippen molar-refractivity contribution in [2.24, 2.45) is 0 Å². The fourth-order valence-electron chi connectivity index (χ4n) is 1.30. The van der Waals surface area contributed by atoms with Crippen molar-refractivity contribution >= 4 is 17.6 Å². The van der Waals surface area contributed by atoms with Crippen molar-refractivity contribution in [3.63, 3.8) is 0 Å². The predicted octanol–water partition coefficient (Wildman–Crippen LogP) is 0.952. The maximum Gasteiger partial charge on any atom is 0.253 e. The molecule has 0 aromatic carbocycles. The second-order valence-electron chi connectivity index (χ2n) is 3.68. The predicted molar refractivity (Wildman–Crippen MR) is 68.3 cm³/mol. The molecule has 0 aliphatic rings. The third-order valence-corrected chi connectivity index (χ3v) is 3.02. The number of hydrogen-bond donors (Lipinski definition) is 3. The number of hydrogen-bond acceptors (Lipinski definition) is 6. The zero-order chi connectivity index (χ0) is 13.1. The molecule has 18 heavy (non-hydrogen) atoms. The van der Waals surface area contributed by atoms with Gasteiger partial charge in [0.2, 0.25) is 0 Å². The molecule has 0 aliphatic carbocycles. The average molecular weight is 264 g/mol. The Hall–Kier alpha value is -1.86. The van der Waals surface area contributed by atoms with E-state index in [0.29, 0.717) is 10.2 Å². The molecular formula is C11H12N4O2S. The standard InChI is InChI=1S/C11H12N4O2S/c1-6(16)7-2-3-10(13-5-7)18-11-14-8(12)4-9(17)15-11/h2-6,16H,1H3,(H3,12,14,15,17)/t6-/m1/s1. The monoisotopic (exact) mass is 264 g/mol. The fraction of sp³-hybridized carbons (Fsp3) is 0.182. The number of H-pyrrole nitrogens is 1. The van der Waals surface area contributed by atoms with Crippen LogP contribution in [-0.4, -0.2) is 20.1 Å². The molecule has 1 atom stereocenters. The number of pyridine rings is 1. The van der Waals surface area contributed by atoms with E-state index in [1.807, 2.05) is 0 Å². The molecular weight excluding hydrogens is 252 g/mol. The van der Waals surface area contributed by atoms with E-state index >= 15 is 0 Å². The highest BCUT2D eigenvalue weighted by Crippen LogP contribution is 2.23. The van der Waals surface area contributed by atoms with Crippen LogP contribution in [0.5, 0.6) is 0 Å². The van der Waals surface area contributed by atoms with Crippen LogP contribution in [0, 0.1) is 0 Å². The summed E-state index contributed by atoms with van der Waals surface area (Å²) in [6.07, 6.45) is 1.03. The summed E-state index contributed by atoms with van der Waals surface area (Å²) < 4.78 is 0. The summed E-state index contributed by atoms with van der Waals surface area (Å²) in [5.74, 6) is 0.168. The topological polar surface area (TPSA) is 105 Å². The summed E-state index contributed by atoms with van der Waals surface area (Å²) in [7, 11) is 0. The van der Waals surface area contributed by atoms with Crippen LogP contribution >= 0.6 is 11.8 Å². The molecule has 0 bridgehead atoms. The van der Waals surface area contributed by atoms with Gasteiger partial charge in [0.05, 0.1) is 6.10 Å². The summed E-state index contributed by atoms with van der Waals surface area (Å²) in [6, 6.07) is 4.73. The van der Waals surface area contributed by atoms with E-state index in [2.05, 4.69) is 15.0 Å². The Labute approximate surface area is 107 Å². The van der Waals surface area contributed by atoms with E-state index in [1.165, 1.54) is 17.8 Å². The van der Waals surface area contributed by atoms with Crippen molar-refractivity contribution in [2.75, 3.05) is 5.73 Å². The molecule has 4 N–H and O–H groups in total. The Bertz CT molecular complexity index is 595. The number of nitrogen functional groups attached to an aromatic ring is 1. The number of aromatic nitrogens is 3. The average Bonchev–Trinajstić information content (AvgIpc) is 2.28. The van der Waals surface area contributed by atoms with Crippen LogP contribution in [0.1, 0.15) is 18.6 Å². The van der Waals surface area contributed by atoms with Gasteiger partial charge in [-0.3, -0.25) is 4.79 Å². The Morgan fingerprint density at radius 2 is 2.28 bits per heavy atom. The Balaban J connectivity index is 2.20. The highest BCUT2D eigenvalue weighted by molar-refractivity contribution is 7.99. The van der Waals surface area contributed by atoms with E-state index in [-0.39, 0.29) is 11.4 Å². The summed E-state index contributed by atoms with van der Waals surface area (Å²) in [6.45, 7) is 1.67. The third kappa shape index (κ3) is 3.08. The lowest BCUT2D eigenvalue weighted by Crippen LogP contribution is -2.09. The number of nitrogens with one attached hydrogen (secondary N) is 1. The number of aromatic amines is 1. The van der Waals surface area contributed by atoms with Gasteiger partial charge in [0.1, 0.15) is 10.8 Å². The molecule has 0 aliphatic heterocycles. The molecule has 94 valence electrons. The van der Waals surface area contributed by atoms with Crippen molar-refractivity contribution in [2.45, 2.75) is 23.2 Å². The van der Waals surface area contributed by atoms with Gasteiger partial charge >= 0.3 is 0 Å².